The molecule has 1 aliphatic heterocycles. The molecular weight excluding hydrogens is 274 g/mol. The van der Waals surface area contributed by atoms with Gasteiger partial charge >= 0.3 is 0 Å². The summed E-state index contributed by atoms with van der Waals surface area (Å²) in [4.78, 5) is 12.6. The molecule has 1 saturated heterocycles. The van der Waals surface area contributed by atoms with Crippen LogP contribution in [-0.4, -0.2) is 24.2 Å². The van der Waals surface area contributed by atoms with E-state index in [1.54, 1.807) is 0 Å². The molecule has 1 heterocycles. The van der Waals surface area contributed by atoms with E-state index in [4.69, 9.17) is 4.74 Å². The van der Waals surface area contributed by atoms with Gasteiger partial charge in [-0.25, -0.2) is 0 Å². The number of hydrogen-bond acceptors (Lipinski definition) is 2. The van der Waals surface area contributed by atoms with Gasteiger partial charge in [-0.2, -0.15) is 0 Å². The number of nitrogens with one attached hydrogen (secondary N) is 1. The van der Waals surface area contributed by atoms with Gasteiger partial charge in [-0.3, -0.25) is 4.79 Å². The van der Waals surface area contributed by atoms with Gasteiger partial charge in [-0.05, 0) is 42.9 Å². The highest BCUT2D eigenvalue weighted by molar-refractivity contribution is 5.84. The van der Waals surface area contributed by atoms with Crippen molar-refractivity contribution in [2.24, 2.45) is 29.6 Å². The van der Waals surface area contributed by atoms with Crippen molar-refractivity contribution in [3.8, 4) is 0 Å². The van der Waals surface area contributed by atoms with Crippen LogP contribution in [-0.2, 0) is 9.53 Å². The van der Waals surface area contributed by atoms with E-state index < -0.39 is 5.60 Å². The minimum absolute atomic E-state index is 0.0568. The van der Waals surface area contributed by atoms with Crippen molar-refractivity contribution in [2.45, 2.75) is 79.9 Å². The van der Waals surface area contributed by atoms with E-state index in [-0.39, 0.29) is 12.0 Å². The van der Waals surface area contributed by atoms with Crippen LogP contribution in [0.25, 0.3) is 0 Å². The molecular formula is C19H37NO2. The summed E-state index contributed by atoms with van der Waals surface area (Å²) in [5.41, 5.74) is -0.687. The minimum Gasteiger partial charge on any atom is -0.362 e. The molecule has 1 fully saturated rings. The lowest BCUT2D eigenvalue weighted by molar-refractivity contribution is -0.192. The number of hydrogen-bond donors (Lipinski definition) is 1. The molecule has 0 saturated carbocycles. The fourth-order valence-corrected chi connectivity index (χ4v) is 3.49. The SMILES string of the molecule is CC[C@@H](C)[C@@H](C)C1OC(C)(C(=O)NCC(C)C)CC(C)C1C. The van der Waals surface area contributed by atoms with Gasteiger partial charge in [0.05, 0.1) is 6.10 Å². The normalized spacial score (nSPS) is 35.2. The lowest BCUT2D eigenvalue weighted by Crippen LogP contribution is -2.57. The summed E-state index contributed by atoms with van der Waals surface area (Å²) in [7, 11) is 0. The Balaban J connectivity index is 2.87. The highest BCUT2D eigenvalue weighted by Gasteiger charge is 2.47. The minimum atomic E-state index is -0.687. The molecule has 1 rings (SSSR count). The van der Waals surface area contributed by atoms with E-state index in [0.29, 0.717) is 36.1 Å². The van der Waals surface area contributed by atoms with Crippen LogP contribution in [0.4, 0.5) is 0 Å². The van der Waals surface area contributed by atoms with Crippen LogP contribution < -0.4 is 5.32 Å². The van der Waals surface area contributed by atoms with Gasteiger partial charge in [-0.1, -0.05) is 54.9 Å². The second-order valence-electron chi connectivity index (χ2n) is 8.20. The van der Waals surface area contributed by atoms with Crippen LogP contribution in [0.5, 0.6) is 0 Å². The number of carbonyl (C=O) groups excluding carboxylic acids is 1. The molecule has 1 aliphatic rings. The molecule has 130 valence electrons. The Morgan fingerprint density at radius 2 is 1.86 bits per heavy atom. The predicted molar refractivity (Wildman–Crippen MR) is 92.7 cm³/mol. The van der Waals surface area contributed by atoms with Crippen LogP contribution in [0.15, 0.2) is 0 Å². The second-order valence-corrected chi connectivity index (χ2v) is 8.20. The fourth-order valence-electron chi connectivity index (χ4n) is 3.49. The Kier molecular flexibility index (Phi) is 6.91. The summed E-state index contributed by atoms with van der Waals surface area (Å²) in [6.45, 7) is 18.3. The molecule has 0 spiro atoms. The summed E-state index contributed by atoms with van der Waals surface area (Å²) >= 11 is 0. The Bertz CT molecular complexity index is 368. The first-order valence-electron chi connectivity index (χ1n) is 9.08. The fraction of sp³-hybridized carbons (Fsp3) is 0.947. The van der Waals surface area contributed by atoms with Crippen LogP contribution >= 0.6 is 0 Å². The molecule has 22 heavy (non-hydrogen) atoms. The zero-order valence-electron chi connectivity index (χ0n) is 15.9. The molecule has 0 radical (unpaired) electrons. The van der Waals surface area contributed by atoms with Crippen molar-refractivity contribution in [1.29, 1.82) is 0 Å². The van der Waals surface area contributed by atoms with E-state index in [0.717, 1.165) is 12.8 Å². The molecule has 0 aromatic carbocycles. The Hall–Kier alpha value is -0.570. The highest BCUT2D eigenvalue weighted by atomic mass is 16.5. The van der Waals surface area contributed by atoms with Crippen LogP contribution in [0.3, 0.4) is 0 Å². The lowest BCUT2D eigenvalue weighted by Gasteiger charge is -2.47. The first kappa shape index (κ1) is 19.5. The number of ether oxygens (including phenoxy) is 1. The summed E-state index contributed by atoms with van der Waals surface area (Å²) in [6, 6.07) is 0. The summed E-state index contributed by atoms with van der Waals surface area (Å²) < 4.78 is 6.42. The number of amides is 1. The first-order chi connectivity index (χ1) is 10.1. The maximum Gasteiger partial charge on any atom is 0.251 e. The quantitative estimate of drug-likeness (QED) is 0.796. The van der Waals surface area contributed by atoms with Crippen LogP contribution in [0.1, 0.15) is 68.2 Å². The predicted octanol–water partition coefficient (Wildman–Crippen LogP) is 4.26. The molecule has 0 aromatic rings. The topological polar surface area (TPSA) is 38.3 Å². The number of carbonyl (C=O) groups is 1. The van der Waals surface area contributed by atoms with Gasteiger partial charge in [0, 0.05) is 6.54 Å². The molecule has 3 heteroatoms. The zero-order chi connectivity index (χ0) is 17.1. The van der Waals surface area contributed by atoms with Gasteiger partial charge in [0.25, 0.3) is 5.91 Å². The third-order valence-corrected chi connectivity index (χ3v) is 5.73. The van der Waals surface area contributed by atoms with E-state index in [1.807, 2.05) is 6.92 Å². The van der Waals surface area contributed by atoms with Crippen molar-refractivity contribution in [3.05, 3.63) is 0 Å². The van der Waals surface area contributed by atoms with E-state index in [2.05, 4.69) is 53.8 Å². The monoisotopic (exact) mass is 311 g/mol. The molecule has 0 aromatic heterocycles. The first-order valence-corrected chi connectivity index (χ1v) is 9.08. The molecule has 0 aliphatic carbocycles. The van der Waals surface area contributed by atoms with Gasteiger partial charge in [0.15, 0.2) is 0 Å². The van der Waals surface area contributed by atoms with Crippen molar-refractivity contribution < 1.29 is 9.53 Å². The molecule has 1 amide bonds. The maximum absolute atomic E-state index is 12.6. The van der Waals surface area contributed by atoms with Gasteiger partial charge < -0.3 is 10.1 Å². The van der Waals surface area contributed by atoms with E-state index in [9.17, 15) is 4.79 Å². The largest absolute Gasteiger partial charge is 0.362 e. The average molecular weight is 312 g/mol. The van der Waals surface area contributed by atoms with Crippen molar-refractivity contribution in [2.75, 3.05) is 6.54 Å². The lowest BCUT2D eigenvalue weighted by atomic mass is 9.72. The summed E-state index contributed by atoms with van der Waals surface area (Å²) in [6.07, 6.45) is 2.12. The maximum atomic E-state index is 12.6. The standard InChI is InChI=1S/C19H37NO2/c1-9-13(4)15(6)17-16(7)14(5)10-19(8,22-17)18(21)20-11-12(2)3/h12-17H,9-11H2,1-8H3,(H,20,21)/t13-,14?,15-,16?,17?,19?/m1/s1. The van der Waals surface area contributed by atoms with Crippen molar-refractivity contribution >= 4 is 5.91 Å². The van der Waals surface area contributed by atoms with Crippen molar-refractivity contribution in [1.82, 2.24) is 5.32 Å². The van der Waals surface area contributed by atoms with E-state index in [1.165, 1.54) is 0 Å². The second kappa shape index (κ2) is 7.81. The zero-order valence-corrected chi connectivity index (χ0v) is 15.9. The molecule has 4 unspecified atom stereocenters. The third-order valence-electron chi connectivity index (χ3n) is 5.73. The van der Waals surface area contributed by atoms with Gasteiger partial charge in [0.2, 0.25) is 0 Å². The van der Waals surface area contributed by atoms with Crippen molar-refractivity contribution in [3.63, 3.8) is 0 Å². The van der Waals surface area contributed by atoms with Crippen LogP contribution in [0.2, 0.25) is 0 Å². The van der Waals surface area contributed by atoms with Crippen LogP contribution in [0, 0.1) is 29.6 Å². The summed E-state index contributed by atoms with van der Waals surface area (Å²) in [5.74, 6) is 2.60. The Morgan fingerprint density at radius 3 is 2.36 bits per heavy atom. The number of rotatable bonds is 6. The molecule has 3 nitrogen and oxygen atoms in total. The van der Waals surface area contributed by atoms with E-state index >= 15 is 0 Å². The van der Waals surface area contributed by atoms with Gasteiger partial charge in [-0.15, -0.1) is 0 Å². The Labute approximate surface area is 137 Å². The highest BCUT2D eigenvalue weighted by Crippen LogP contribution is 2.41. The summed E-state index contributed by atoms with van der Waals surface area (Å²) in [5, 5.41) is 3.07. The molecule has 6 atom stereocenters. The smallest absolute Gasteiger partial charge is 0.251 e. The van der Waals surface area contributed by atoms with Gasteiger partial charge in [0.1, 0.15) is 5.60 Å². The third kappa shape index (κ3) is 4.47. The molecule has 1 N–H and O–H groups in total. The average Bonchev–Trinajstić information content (AvgIpc) is 2.46. The molecule has 0 bridgehead atoms. The Morgan fingerprint density at radius 1 is 1.27 bits per heavy atom.